The Morgan fingerprint density at radius 2 is 1.75 bits per heavy atom. The summed E-state index contributed by atoms with van der Waals surface area (Å²) in [6, 6.07) is 13.0. The molecule has 0 saturated heterocycles. The largest absolute Gasteiger partial charge is 0.443 e. The van der Waals surface area contributed by atoms with E-state index in [2.05, 4.69) is 5.32 Å². The molecule has 148 valence electrons. The van der Waals surface area contributed by atoms with Crippen LogP contribution in [0.25, 0.3) is 0 Å². The third kappa shape index (κ3) is 4.44. The maximum Gasteiger partial charge on any atom is 0.414 e. The van der Waals surface area contributed by atoms with E-state index in [-0.39, 0.29) is 12.0 Å². The lowest BCUT2D eigenvalue weighted by Crippen LogP contribution is -2.35. The number of nitrogens with one attached hydrogen (secondary N) is 1. The van der Waals surface area contributed by atoms with Crippen molar-refractivity contribution < 1.29 is 14.3 Å². The molecule has 6 nitrogen and oxygen atoms in total. The topological polar surface area (TPSA) is 61.9 Å². The van der Waals surface area contributed by atoms with Gasteiger partial charge < -0.3 is 15.0 Å². The summed E-state index contributed by atoms with van der Waals surface area (Å²) in [6.07, 6.45) is 0.406. The van der Waals surface area contributed by atoms with E-state index in [9.17, 15) is 9.59 Å². The molecule has 2 amide bonds. The van der Waals surface area contributed by atoms with Crippen molar-refractivity contribution in [3.8, 4) is 0 Å². The van der Waals surface area contributed by atoms with E-state index in [0.717, 1.165) is 23.4 Å². The summed E-state index contributed by atoms with van der Waals surface area (Å²) in [5.74, 6) is -0.188. The minimum atomic E-state index is -0.551. The van der Waals surface area contributed by atoms with Crippen LogP contribution in [0.5, 0.6) is 0 Å². The lowest BCUT2D eigenvalue weighted by Gasteiger charge is -2.25. The van der Waals surface area contributed by atoms with Gasteiger partial charge in [0.25, 0.3) is 5.91 Å². The van der Waals surface area contributed by atoms with Crippen LogP contribution >= 0.6 is 0 Å². The highest BCUT2D eigenvalue weighted by atomic mass is 16.6. The lowest BCUT2D eigenvalue weighted by molar-refractivity contribution is 0.0584. The Bertz CT molecular complexity index is 883. The van der Waals surface area contributed by atoms with Crippen LogP contribution in [0.4, 0.5) is 21.9 Å². The molecule has 28 heavy (non-hydrogen) atoms. The predicted octanol–water partition coefficient (Wildman–Crippen LogP) is 4.30. The van der Waals surface area contributed by atoms with Gasteiger partial charge in [0.2, 0.25) is 0 Å². The Morgan fingerprint density at radius 1 is 1.07 bits per heavy atom. The average Bonchev–Trinajstić information content (AvgIpc) is 3.03. The molecule has 0 radical (unpaired) electrons. The van der Waals surface area contributed by atoms with Gasteiger partial charge in [-0.25, -0.2) is 4.79 Å². The van der Waals surface area contributed by atoms with Gasteiger partial charge in [0, 0.05) is 37.6 Å². The second kappa shape index (κ2) is 7.54. The van der Waals surface area contributed by atoms with Crippen molar-refractivity contribution in [2.24, 2.45) is 0 Å². The molecule has 2 aromatic carbocycles. The zero-order valence-electron chi connectivity index (χ0n) is 17.1. The summed E-state index contributed by atoms with van der Waals surface area (Å²) in [5.41, 5.74) is 3.56. The first kappa shape index (κ1) is 19.7. The monoisotopic (exact) mass is 381 g/mol. The van der Waals surface area contributed by atoms with Crippen molar-refractivity contribution in [1.29, 1.82) is 0 Å². The third-order valence-corrected chi connectivity index (χ3v) is 4.50. The van der Waals surface area contributed by atoms with Gasteiger partial charge in [-0.05, 0) is 69.2 Å². The number of benzene rings is 2. The number of amides is 2. The summed E-state index contributed by atoms with van der Waals surface area (Å²) in [6.45, 7) is 6.12. The highest BCUT2D eigenvalue weighted by molar-refractivity contribution is 6.05. The molecule has 0 fully saturated rings. The van der Waals surface area contributed by atoms with Crippen molar-refractivity contribution in [1.82, 2.24) is 0 Å². The van der Waals surface area contributed by atoms with Crippen molar-refractivity contribution in [2.45, 2.75) is 32.8 Å². The van der Waals surface area contributed by atoms with Crippen molar-refractivity contribution in [3.05, 3.63) is 53.6 Å². The van der Waals surface area contributed by atoms with E-state index in [4.69, 9.17) is 4.74 Å². The predicted molar refractivity (Wildman–Crippen MR) is 112 cm³/mol. The second-order valence-electron chi connectivity index (χ2n) is 8.12. The fourth-order valence-electron chi connectivity index (χ4n) is 3.08. The van der Waals surface area contributed by atoms with Gasteiger partial charge in [-0.15, -0.1) is 0 Å². The van der Waals surface area contributed by atoms with Crippen LogP contribution in [0.3, 0.4) is 0 Å². The first-order valence-electron chi connectivity index (χ1n) is 9.36. The number of hydrogen-bond acceptors (Lipinski definition) is 4. The summed E-state index contributed by atoms with van der Waals surface area (Å²) in [7, 11) is 3.91. The van der Waals surface area contributed by atoms with Gasteiger partial charge >= 0.3 is 6.09 Å². The molecule has 0 atom stereocenters. The van der Waals surface area contributed by atoms with Gasteiger partial charge in [-0.3, -0.25) is 9.69 Å². The molecule has 0 spiro atoms. The second-order valence-corrected chi connectivity index (χ2v) is 8.12. The summed E-state index contributed by atoms with van der Waals surface area (Å²) in [5, 5.41) is 2.91. The number of hydrogen-bond donors (Lipinski definition) is 1. The zero-order chi connectivity index (χ0) is 20.5. The Balaban J connectivity index is 1.75. The Morgan fingerprint density at radius 3 is 2.36 bits per heavy atom. The lowest BCUT2D eigenvalue weighted by atomic mass is 10.1. The Kier molecular flexibility index (Phi) is 5.31. The molecule has 0 bridgehead atoms. The van der Waals surface area contributed by atoms with E-state index in [1.54, 1.807) is 17.0 Å². The number of fused-ring (bicyclic) bond motifs is 1. The van der Waals surface area contributed by atoms with Gasteiger partial charge in [-0.1, -0.05) is 6.07 Å². The molecule has 2 aromatic rings. The SMILES string of the molecule is CN(C)c1ccc(C(=O)Nc2ccc3c(c2)N(C(=O)OC(C)(C)C)CC3)cc1. The van der Waals surface area contributed by atoms with E-state index in [1.165, 1.54) is 0 Å². The van der Waals surface area contributed by atoms with Gasteiger partial charge in [-0.2, -0.15) is 0 Å². The maximum absolute atomic E-state index is 12.6. The molecule has 6 heteroatoms. The van der Waals surface area contributed by atoms with Gasteiger partial charge in [0.1, 0.15) is 5.60 Å². The van der Waals surface area contributed by atoms with E-state index >= 15 is 0 Å². The molecular weight excluding hydrogens is 354 g/mol. The first-order chi connectivity index (χ1) is 13.1. The van der Waals surface area contributed by atoms with Crippen LogP contribution < -0.4 is 15.1 Å². The Labute approximate surface area is 166 Å². The molecule has 1 aliphatic rings. The molecule has 1 heterocycles. The number of nitrogens with zero attached hydrogens (tertiary/aromatic N) is 2. The van der Waals surface area contributed by atoms with E-state index in [0.29, 0.717) is 17.8 Å². The quantitative estimate of drug-likeness (QED) is 0.861. The minimum absolute atomic E-state index is 0.188. The molecule has 0 unspecified atom stereocenters. The highest BCUT2D eigenvalue weighted by Gasteiger charge is 2.29. The Hall–Kier alpha value is -3.02. The van der Waals surface area contributed by atoms with Crippen LogP contribution in [-0.2, 0) is 11.2 Å². The van der Waals surface area contributed by atoms with Crippen LogP contribution in [0, 0.1) is 0 Å². The van der Waals surface area contributed by atoms with Gasteiger partial charge in [0.15, 0.2) is 0 Å². The van der Waals surface area contributed by atoms with Crippen LogP contribution in [-0.4, -0.2) is 38.2 Å². The van der Waals surface area contributed by atoms with Crippen molar-refractivity contribution in [2.75, 3.05) is 35.8 Å². The molecular formula is C22H27N3O3. The molecule has 3 rings (SSSR count). The number of carbonyl (C=O) groups is 2. The number of rotatable bonds is 3. The molecule has 0 aromatic heterocycles. The number of carbonyl (C=O) groups excluding carboxylic acids is 2. The standard InChI is InChI=1S/C22H27N3O3/c1-22(2,3)28-21(27)25-13-12-15-6-9-17(14-19(15)25)23-20(26)16-7-10-18(11-8-16)24(4)5/h6-11,14H,12-13H2,1-5H3,(H,23,26). The smallest absolute Gasteiger partial charge is 0.414 e. The van der Waals surface area contributed by atoms with Crippen molar-refractivity contribution in [3.63, 3.8) is 0 Å². The normalized spacial score (nSPS) is 13.1. The fourth-order valence-corrected chi connectivity index (χ4v) is 3.08. The number of ether oxygens (including phenoxy) is 1. The molecule has 0 aliphatic carbocycles. The van der Waals surface area contributed by atoms with Crippen molar-refractivity contribution >= 4 is 29.1 Å². The van der Waals surface area contributed by atoms with Crippen LogP contribution in [0.1, 0.15) is 36.7 Å². The maximum atomic E-state index is 12.6. The summed E-state index contributed by atoms with van der Waals surface area (Å²) >= 11 is 0. The van der Waals surface area contributed by atoms with Crippen LogP contribution in [0.15, 0.2) is 42.5 Å². The van der Waals surface area contributed by atoms with E-state index < -0.39 is 5.60 Å². The third-order valence-electron chi connectivity index (χ3n) is 4.50. The summed E-state index contributed by atoms with van der Waals surface area (Å²) in [4.78, 5) is 28.7. The highest BCUT2D eigenvalue weighted by Crippen LogP contribution is 2.32. The zero-order valence-corrected chi connectivity index (χ0v) is 17.1. The summed E-state index contributed by atoms with van der Waals surface area (Å²) < 4.78 is 5.49. The average molecular weight is 381 g/mol. The van der Waals surface area contributed by atoms with Gasteiger partial charge in [0.05, 0.1) is 5.69 Å². The molecule has 1 aliphatic heterocycles. The van der Waals surface area contributed by atoms with E-state index in [1.807, 2.05) is 70.1 Å². The minimum Gasteiger partial charge on any atom is -0.443 e. The molecule has 0 saturated carbocycles. The van der Waals surface area contributed by atoms with Crippen LogP contribution in [0.2, 0.25) is 0 Å². The number of anilines is 3. The first-order valence-corrected chi connectivity index (χ1v) is 9.36. The fraction of sp³-hybridized carbons (Fsp3) is 0.364. The molecule has 1 N–H and O–H groups in total.